The number of carbonyl (C=O) groups is 1. The Morgan fingerprint density at radius 3 is 2.52 bits per heavy atom. The number of hydrogen-bond donors (Lipinski definition) is 0. The predicted octanol–water partition coefficient (Wildman–Crippen LogP) is 2.78. The van der Waals surface area contributed by atoms with Crippen LogP contribution < -0.4 is 0 Å². The Kier molecular flexibility index (Phi) is 4.40. The molecule has 0 fully saturated rings. The van der Waals surface area contributed by atoms with Gasteiger partial charge in [0.2, 0.25) is 0 Å². The molecule has 0 saturated heterocycles. The third kappa shape index (κ3) is 4.15. The van der Waals surface area contributed by atoms with Gasteiger partial charge in [0.15, 0.2) is 5.69 Å². The largest absolute Gasteiger partial charge is 0.455 e. The first kappa shape index (κ1) is 15.2. The van der Waals surface area contributed by atoms with Gasteiger partial charge in [-0.2, -0.15) is 0 Å². The van der Waals surface area contributed by atoms with Crippen LogP contribution in [0.5, 0.6) is 0 Å². The van der Waals surface area contributed by atoms with E-state index in [1.807, 2.05) is 45.9 Å². The molecule has 0 bridgehead atoms. The van der Waals surface area contributed by atoms with Gasteiger partial charge < -0.3 is 4.74 Å². The van der Waals surface area contributed by atoms with Crippen molar-refractivity contribution in [1.82, 2.24) is 15.0 Å². The summed E-state index contributed by atoms with van der Waals surface area (Å²) in [6.07, 6.45) is 0.846. The zero-order chi connectivity index (χ0) is 15.5. The molecule has 0 amide bonds. The van der Waals surface area contributed by atoms with E-state index in [0.717, 1.165) is 12.1 Å². The lowest BCUT2D eigenvalue weighted by atomic mass is 10.1. The van der Waals surface area contributed by atoms with Gasteiger partial charge in [-0.05, 0) is 39.7 Å². The molecule has 0 aliphatic heterocycles. The molecule has 0 aliphatic rings. The Hall–Kier alpha value is -2.17. The second-order valence-corrected chi connectivity index (χ2v) is 5.98. The van der Waals surface area contributed by atoms with Gasteiger partial charge in [-0.15, -0.1) is 5.10 Å². The molecule has 2 aromatic rings. The number of aryl methyl sites for hydroxylation is 2. The Morgan fingerprint density at radius 2 is 1.90 bits per heavy atom. The van der Waals surface area contributed by atoms with E-state index in [0.29, 0.717) is 6.54 Å². The highest BCUT2D eigenvalue weighted by molar-refractivity contribution is 5.88. The number of benzene rings is 1. The molecule has 0 radical (unpaired) electrons. The number of rotatable bonds is 4. The SMILES string of the molecule is Cc1c(C(=O)OC(C)(C)C)nnn1CCc1ccccc1. The predicted molar refractivity (Wildman–Crippen MR) is 80.1 cm³/mol. The summed E-state index contributed by atoms with van der Waals surface area (Å²) in [5, 5.41) is 8.00. The van der Waals surface area contributed by atoms with E-state index in [1.54, 1.807) is 4.68 Å². The van der Waals surface area contributed by atoms with Gasteiger partial charge >= 0.3 is 5.97 Å². The van der Waals surface area contributed by atoms with Gasteiger partial charge in [-0.1, -0.05) is 35.5 Å². The van der Waals surface area contributed by atoms with Crippen LogP contribution in [-0.4, -0.2) is 26.6 Å². The number of ether oxygens (including phenoxy) is 1. The van der Waals surface area contributed by atoms with Crippen LogP contribution in [0.3, 0.4) is 0 Å². The smallest absolute Gasteiger partial charge is 0.361 e. The Balaban J connectivity index is 2.05. The normalized spacial score (nSPS) is 11.4. The third-order valence-electron chi connectivity index (χ3n) is 3.03. The van der Waals surface area contributed by atoms with Gasteiger partial charge in [-0.25, -0.2) is 9.48 Å². The minimum atomic E-state index is -0.530. The van der Waals surface area contributed by atoms with E-state index in [2.05, 4.69) is 22.4 Å². The molecule has 0 N–H and O–H groups in total. The molecule has 0 atom stereocenters. The summed E-state index contributed by atoms with van der Waals surface area (Å²) in [6.45, 7) is 8.02. The quantitative estimate of drug-likeness (QED) is 0.811. The van der Waals surface area contributed by atoms with Crippen molar-refractivity contribution in [1.29, 1.82) is 0 Å². The van der Waals surface area contributed by atoms with Crippen LogP contribution >= 0.6 is 0 Å². The van der Waals surface area contributed by atoms with E-state index < -0.39 is 11.6 Å². The summed E-state index contributed by atoms with van der Waals surface area (Å²) in [4.78, 5) is 12.0. The van der Waals surface area contributed by atoms with Gasteiger partial charge in [0.05, 0.1) is 5.69 Å². The van der Waals surface area contributed by atoms with E-state index in [-0.39, 0.29) is 5.69 Å². The Labute approximate surface area is 124 Å². The van der Waals surface area contributed by atoms with Crippen molar-refractivity contribution in [2.24, 2.45) is 0 Å². The first-order valence-corrected chi connectivity index (χ1v) is 7.04. The second-order valence-electron chi connectivity index (χ2n) is 5.98. The minimum Gasteiger partial charge on any atom is -0.455 e. The third-order valence-corrected chi connectivity index (χ3v) is 3.03. The maximum atomic E-state index is 12.0. The van der Waals surface area contributed by atoms with Crippen LogP contribution in [0.1, 0.15) is 42.5 Å². The fraction of sp³-hybridized carbons (Fsp3) is 0.438. The lowest BCUT2D eigenvalue weighted by molar-refractivity contribution is 0.00619. The number of nitrogens with zero attached hydrogens (tertiary/aromatic N) is 3. The van der Waals surface area contributed by atoms with Gasteiger partial charge in [0.1, 0.15) is 5.60 Å². The van der Waals surface area contributed by atoms with Crippen molar-refractivity contribution in [2.45, 2.75) is 46.3 Å². The molecule has 0 spiro atoms. The van der Waals surface area contributed by atoms with Gasteiger partial charge in [-0.3, -0.25) is 0 Å². The summed E-state index contributed by atoms with van der Waals surface area (Å²) in [5.41, 5.74) is 1.72. The Morgan fingerprint density at radius 1 is 1.24 bits per heavy atom. The first-order valence-electron chi connectivity index (χ1n) is 7.04. The highest BCUT2D eigenvalue weighted by Gasteiger charge is 2.23. The molecule has 5 heteroatoms. The monoisotopic (exact) mass is 287 g/mol. The van der Waals surface area contributed by atoms with Crippen molar-refractivity contribution in [3.8, 4) is 0 Å². The zero-order valence-electron chi connectivity index (χ0n) is 13.0. The maximum absolute atomic E-state index is 12.0. The van der Waals surface area contributed by atoms with Crippen molar-refractivity contribution in [3.63, 3.8) is 0 Å². The van der Waals surface area contributed by atoms with Crippen LogP contribution in [0.4, 0.5) is 0 Å². The fourth-order valence-corrected chi connectivity index (χ4v) is 1.97. The van der Waals surface area contributed by atoms with E-state index in [9.17, 15) is 4.79 Å². The number of aromatic nitrogens is 3. The van der Waals surface area contributed by atoms with Gasteiger partial charge in [0.25, 0.3) is 0 Å². The summed E-state index contributed by atoms with van der Waals surface area (Å²) in [6, 6.07) is 10.2. The Bertz CT molecular complexity index is 612. The maximum Gasteiger partial charge on any atom is 0.361 e. The molecule has 0 unspecified atom stereocenters. The number of hydrogen-bond acceptors (Lipinski definition) is 4. The summed E-state index contributed by atoms with van der Waals surface area (Å²) in [7, 11) is 0. The lowest BCUT2D eigenvalue weighted by Gasteiger charge is -2.18. The van der Waals surface area contributed by atoms with Gasteiger partial charge in [0, 0.05) is 6.54 Å². The molecular formula is C16H21N3O2. The molecule has 0 aliphatic carbocycles. The molecular weight excluding hydrogens is 266 g/mol. The molecule has 112 valence electrons. The molecule has 2 rings (SSSR count). The second kappa shape index (κ2) is 6.08. The zero-order valence-corrected chi connectivity index (χ0v) is 13.0. The fourth-order valence-electron chi connectivity index (χ4n) is 1.97. The van der Waals surface area contributed by atoms with Crippen molar-refractivity contribution >= 4 is 5.97 Å². The molecule has 5 nitrogen and oxygen atoms in total. The van der Waals surface area contributed by atoms with E-state index in [1.165, 1.54) is 5.56 Å². The molecule has 0 saturated carbocycles. The molecule has 1 heterocycles. The summed E-state index contributed by atoms with van der Waals surface area (Å²) < 4.78 is 7.07. The molecule has 21 heavy (non-hydrogen) atoms. The number of carbonyl (C=O) groups excluding carboxylic acids is 1. The highest BCUT2D eigenvalue weighted by Crippen LogP contribution is 2.13. The molecule has 1 aromatic carbocycles. The summed E-state index contributed by atoms with van der Waals surface area (Å²) in [5.74, 6) is -0.425. The van der Waals surface area contributed by atoms with E-state index >= 15 is 0 Å². The summed E-state index contributed by atoms with van der Waals surface area (Å²) >= 11 is 0. The van der Waals surface area contributed by atoms with Crippen LogP contribution in [-0.2, 0) is 17.7 Å². The highest BCUT2D eigenvalue weighted by atomic mass is 16.6. The number of esters is 1. The van der Waals surface area contributed by atoms with Crippen LogP contribution in [0.25, 0.3) is 0 Å². The first-order chi connectivity index (χ1) is 9.87. The van der Waals surface area contributed by atoms with Crippen molar-refractivity contribution in [2.75, 3.05) is 0 Å². The van der Waals surface area contributed by atoms with E-state index in [4.69, 9.17) is 4.74 Å². The van der Waals surface area contributed by atoms with Crippen molar-refractivity contribution < 1.29 is 9.53 Å². The lowest BCUT2D eigenvalue weighted by Crippen LogP contribution is -2.24. The standard InChI is InChI=1S/C16H21N3O2/c1-12-14(15(20)21-16(2,3)4)17-18-19(12)11-10-13-8-6-5-7-9-13/h5-9H,10-11H2,1-4H3. The average molecular weight is 287 g/mol. The van der Waals surface area contributed by atoms with Crippen LogP contribution in [0, 0.1) is 6.92 Å². The van der Waals surface area contributed by atoms with Crippen molar-refractivity contribution in [3.05, 3.63) is 47.3 Å². The minimum absolute atomic E-state index is 0.290. The topological polar surface area (TPSA) is 57.0 Å². The molecule has 1 aromatic heterocycles. The van der Waals surface area contributed by atoms with Crippen LogP contribution in [0.2, 0.25) is 0 Å². The van der Waals surface area contributed by atoms with Crippen LogP contribution in [0.15, 0.2) is 30.3 Å². The average Bonchev–Trinajstić information content (AvgIpc) is 2.77.